The van der Waals surface area contributed by atoms with Gasteiger partial charge in [0, 0.05) is 17.0 Å². The average Bonchev–Trinajstić information content (AvgIpc) is 2.84. The van der Waals surface area contributed by atoms with Gasteiger partial charge in [-0.05, 0) is 54.2 Å². The zero-order valence-corrected chi connectivity index (χ0v) is 18.8. The summed E-state index contributed by atoms with van der Waals surface area (Å²) in [6.45, 7) is 0.848. The highest BCUT2D eigenvalue weighted by molar-refractivity contribution is 6.32. The average molecular weight is 462 g/mol. The summed E-state index contributed by atoms with van der Waals surface area (Å²) in [5.41, 5.74) is 10.7. The summed E-state index contributed by atoms with van der Waals surface area (Å²) < 4.78 is 5.45. The summed E-state index contributed by atoms with van der Waals surface area (Å²) in [4.78, 5) is 32.1. The number of carbonyl (C=O) groups is 2. The van der Waals surface area contributed by atoms with Gasteiger partial charge < -0.3 is 15.4 Å². The fourth-order valence-electron chi connectivity index (χ4n) is 4.66. The van der Waals surface area contributed by atoms with Crippen molar-refractivity contribution in [1.29, 1.82) is 0 Å². The summed E-state index contributed by atoms with van der Waals surface area (Å²) in [5, 5.41) is 1.50. The van der Waals surface area contributed by atoms with E-state index in [-0.39, 0.29) is 19.1 Å². The van der Waals surface area contributed by atoms with Gasteiger partial charge in [-0.1, -0.05) is 48.0 Å². The van der Waals surface area contributed by atoms with Gasteiger partial charge in [0.05, 0.1) is 29.9 Å². The third-order valence-corrected chi connectivity index (χ3v) is 6.63. The van der Waals surface area contributed by atoms with Gasteiger partial charge >= 0.3 is 0 Å². The van der Waals surface area contributed by atoms with E-state index >= 15 is 0 Å². The molecule has 1 atom stereocenters. The molecule has 7 heteroatoms. The Balaban J connectivity index is 1.65. The number of pyridine rings is 1. The molecule has 1 saturated heterocycles. The zero-order chi connectivity index (χ0) is 22.9. The van der Waals surface area contributed by atoms with Crippen LogP contribution in [0, 0.1) is 0 Å². The number of nitrogens with two attached hydrogens (primary N) is 1. The quantitative estimate of drug-likeness (QED) is 0.636. The number of fused-ring (bicyclic) bond motifs is 2. The molecule has 33 heavy (non-hydrogen) atoms. The van der Waals surface area contributed by atoms with Gasteiger partial charge in [0.25, 0.3) is 5.91 Å². The van der Waals surface area contributed by atoms with Crippen LogP contribution in [0.15, 0.2) is 48.5 Å². The van der Waals surface area contributed by atoms with E-state index < -0.39 is 12.0 Å². The lowest BCUT2D eigenvalue weighted by molar-refractivity contribution is -0.133. The van der Waals surface area contributed by atoms with Crippen molar-refractivity contribution in [2.24, 2.45) is 5.73 Å². The lowest BCUT2D eigenvalue weighted by Crippen LogP contribution is -2.50. The Morgan fingerprint density at radius 1 is 1.12 bits per heavy atom. The Bertz CT molecular complexity index is 1290. The highest BCUT2D eigenvalue weighted by Crippen LogP contribution is 2.37. The fourth-order valence-corrected chi connectivity index (χ4v) is 4.85. The minimum Gasteiger partial charge on any atom is -0.367 e. The number of carbonyl (C=O) groups excluding carboxylic acids is 2. The molecule has 0 spiro atoms. The summed E-state index contributed by atoms with van der Waals surface area (Å²) in [7, 11) is 0. The number of nitrogens with zero attached hydrogens (tertiary/aromatic N) is 2. The molecule has 1 fully saturated rings. The Labute approximate surface area is 197 Å². The van der Waals surface area contributed by atoms with Crippen molar-refractivity contribution in [1.82, 2.24) is 9.88 Å². The number of amides is 2. The number of allylic oxidation sites excluding steroid dienone is 1. The SMILES string of the molecule is NC(=O)C1CN(C(=O)c2c3c(nc4ccccc24)/C(=C\c2ccccc2Cl)CCC3)CCO1. The number of primary amides is 1. The van der Waals surface area contributed by atoms with Crippen LogP contribution < -0.4 is 5.73 Å². The molecule has 1 aromatic heterocycles. The van der Waals surface area contributed by atoms with Crippen molar-refractivity contribution in [3.63, 3.8) is 0 Å². The van der Waals surface area contributed by atoms with Crippen LogP contribution in [0.3, 0.4) is 0 Å². The highest BCUT2D eigenvalue weighted by atomic mass is 35.5. The first-order valence-electron chi connectivity index (χ1n) is 11.1. The second kappa shape index (κ2) is 8.96. The maximum absolute atomic E-state index is 13.8. The molecule has 2 heterocycles. The lowest BCUT2D eigenvalue weighted by atomic mass is 9.85. The minimum atomic E-state index is -0.790. The van der Waals surface area contributed by atoms with Crippen molar-refractivity contribution in [2.45, 2.75) is 25.4 Å². The van der Waals surface area contributed by atoms with Crippen LogP contribution in [0.5, 0.6) is 0 Å². The molecule has 1 aliphatic heterocycles. The molecule has 6 nitrogen and oxygen atoms in total. The largest absolute Gasteiger partial charge is 0.367 e. The number of benzene rings is 2. The van der Waals surface area contributed by atoms with E-state index in [9.17, 15) is 9.59 Å². The summed E-state index contributed by atoms with van der Waals surface area (Å²) in [5.74, 6) is -0.669. The van der Waals surface area contributed by atoms with Gasteiger partial charge in [-0.15, -0.1) is 0 Å². The topological polar surface area (TPSA) is 85.5 Å². The van der Waals surface area contributed by atoms with Crippen LogP contribution in [-0.4, -0.2) is 47.5 Å². The number of ether oxygens (including phenoxy) is 1. The molecule has 168 valence electrons. The van der Waals surface area contributed by atoms with E-state index in [4.69, 9.17) is 27.1 Å². The van der Waals surface area contributed by atoms with Crippen molar-refractivity contribution in [2.75, 3.05) is 19.7 Å². The first-order chi connectivity index (χ1) is 16.0. The Hall–Kier alpha value is -3.22. The van der Waals surface area contributed by atoms with Gasteiger partial charge in [-0.2, -0.15) is 0 Å². The van der Waals surface area contributed by atoms with E-state index in [1.54, 1.807) is 4.90 Å². The van der Waals surface area contributed by atoms with E-state index in [1.165, 1.54) is 0 Å². The first-order valence-corrected chi connectivity index (χ1v) is 11.5. The van der Waals surface area contributed by atoms with Crippen LogP contribution in [-0.2, 0) is 16.0 Å². The van der Waals surface area contributed by atoms with Crippen LogP contribution in [0.1, 0.15) is 40.0 Å². The number of halogens is 1. The third-order valence-electron chi connectivity index (χ3n) is 6.29. The normalized spacial score (nSPS) is 19.5. The van der Waals surface area contributed by atoms with E-state index in [0.717, 1.165) is 52.6 Å². The van der Waals surface area contributed by atoms with Crippen LogP contribution in [0.4, 0.5) is 0 Å². The molecule has 3 aromatic rings. The van der Waals surface area contributed by atoms with Crippen LogP contribution in [0.2, 0.25) is 5.02 Å². The van der Waals surface area contributed by atoms with E-state index in [2.05, 4.69) is 6.08 Å². The maximum Gasteiger partial charge on any atom is 0.255 e. The monoisotopic (exact) mass is 461 g/mol. The molecular weight excluding hydrogens is 438 g/mol. The highest BCUT2D eigenvalue weighted by Gasteiger charge is 2.32. The molecule has 1 unspecified atom stereocenters. The molecule has 0 saturated carbocycles. The third kappa shape index (κ3) is 4.12. The van der Waals surface area contributed by atoms with Crippen molar-refractivity contribution < 1.29 is 14.3 Å². The number of hydrogen-bond donors (Lipinski definition) is 1. The summed E-state index contributed by atoms with van der Waals surface area (Å²) in [6, 6.07) is 15.4. The molecule has 1 aliphatic carbocycles. The standard InChI is InChI=1S/C26H24ClN3O3/c27-20-10-3-1-6-16(20)14-17-7-5-9-19-23(18-8-2-4-11-21(18)29-24(17)19)26(32)30-12-13-33-22(15-30)25(28)31/h1-4,6,8,10-11,14,22H,5,7,9,12-13,15H2,(H2,28,31)/b17-14-. The first kappa shape index (κ1) is 21.6. The second-order valence-electron chi connectivity index (χ2n) is 8.39. The van der Waals surface area contributed by atoms with Crippen LogP contribution >= 0.6 is 11.6 Å². The number of aromatic nitrogens is 1. The van der Waals surface area contributed by atoms with E-state index in [1.807, 2.05) is 48.5 Å². The number of rotatable bonds is 3. The van der Waals surface area contributed by atoms with Gasteiger partial charge in [0.2, 0.25) is 5.91 Å². The van der Waals surface area contributed by atoms with Crippen LogP contribution in [0.25, 0.3) is 22.6 Å². The van der Waals surface area contributed by atoms with Crippen molar-refractivity contribution in [3.8, 4) is 0 Å². The molecule has 2 N–H and O–H groups in total. The van der Waals surface area contributed by atoms with Gasteiger partial charge in [0.15, 0.2) is 6.10 Å². The molecule has 5 rings (SSSR count). The Morgan fingerprint density at radius 3 is 2.73 bits per heavy atom. The molecular formula is C26H24ClN3O3. The van der Waals surface area contributed by atoms with Gasteiger partial charge in [-0.25, -0.2) is 4.98 Å². The predicted molar refractivity (Wildman–Crippen MR) is 129 cm³/mol. The predicted octanol–water partition coefficient (Wildman–Crippen LogP) is 4.09. The molecule has 0 bridgehead atoms. The Morgan fingerprint density at radius 2 is 1.91 bits per heavy atom. The molecule has 2 aliphatic rings. The molecule has 0 radical (unpaired) electrons. The second-order valence-corrected chi connectivity index (χ2v) is 8.80. The molecule has 2 amide bonds. The van der Waals surface area contributed by atoms with Gasteiger partial charge in [0.1, 0.15) is 0 Å². The smallest absolute Gasteiger partial charge is 0.255 e. The van der Waals surface area contributed by atoms with Crippen molar-refractivity contribution in [3.05, 3.63) is 75.9 Å². The summed E-state index contributed by atoms with van der Waals surface area (Å²) in [6.07, 6.45) is 3.82. The zero-order valence-electron chi connectivity index (χ0n) is 18.1. The fraction of sp³-hybridized carbons (Fsp3) is 0.269. The lowest BCUT2D eigenvalue weighted by Gasteiger charge is -2.33. The summed E-state index contributed by atoms with van der Waals surface area (Å²) >= 11 is 6.41. The maximum atomic E-state index is 13.8. The minimum absolute atomic E-state index is 0.113. The number of hydrogen-bond acceptors (Lipinski definition) is 4. The number of para-hydroxylation sites is 1. The number of morpholine rings is 1. The molecule has 2 aromatic carbocycles. The van der Waals surface area contributed by atoms with Gasteiger partial charge in [-0.3, -0.25) is 9.59 Å². The Kier molecular flexibility index (Phi) is 5.87. The van der Waals surface area contributed by atoms with Crippen molar-refractivity contribution >= 4 is 46.0 Å². The van der Waals surface area contributed by atoms with E-state index in [0.29, 0.717) is 17.1 Å².